The van der Waals surface area contributed by atoms with Crippen molar-refractivity contribution in [2.75, 3.05) is 6.61 Å². The van der Waals surface area contributed by atoms with Gasteiger partial charge in [-0.05, 0) is 18.3 Å². The highest BCUT2D eigenvalue weighted by Gasteiger charge is 2.14. The van der Waals surface area contributed by atoms with Gasteiger partial charge in [-0.3, -0.25) is 0 Å². The minimum atomic E-state index is 0.516. The fourth-order valence-electron chi connectivity index (χ4n) is 1.30. The van der Waals surface area contributed by atoms with Crippen LogP contribution < -0.4 is 0 Å². The molecule has 0 heterocycles. The number of nitriles is 1. The molecule has 2 atom stereocenters. The van der Waals surface area contributed by atoms with Crippen molar-refractivity contribution in [2.45, 2.75) is 52.6 Å². The van der Waals surface area contributed by atoms with Crippen LogP contribution in [-0.2, 0) is 4.52 Å². The Morgan fingerprint density at radius 1 is 1.20 bits per heavy atom. The van der Waals surface area contributed by atoms with Crippen molar-refractivity contribution in [3.05, 3.63) is 0 Å². The first kappa shape index (κ1) is 14.9. The van der Waals surface area contributed by atoms with Gasteiger partial charge in [-0.15, -0.1) is 0 Å². The standard InChI is InChI=1S/C12H24NOP/c1-10(2)6-7-12(11(3)4)15-14-9-5-8-13/h10-12,15H,5-7,9H2,1-4H3. The molecule has 0 aliphatic carbocycles. The summed E-state index contributed by atoms with van der Waals surface area (Å²) in [6, 6.07) is 2.10. The van der Waals surface area contributed by atoms with E-state index in [0.29, 0.717) is 33.4 Å². The lowest BCUT2D eigenvalue weighted by Crippen LogP contribution is -2.11. The van der Waals surface area contributed by atoms with Crippen molar-refractivity contribution in [1.82, 2.24) is 0 Å². The molecular weight excluding hydrogens is 205 g/mol. The number of hydrogen-bond donors (Lipinski definition) is 0. The Hall–Kier alpha value is -0.120. The van der Waals surface area contributed by atoms with E-state index in [2.05, 4.69) is 33.8 Å². The Bertz CT molecular complexity index is 187. The van der Waals surface area contributed by atoms with E-state index in [0.717, 1.165) is 5.92 Å². The van der Waals surface area contributed by atoms with E-state index in [1.807, 2.05) is 0 Å². The lowest BCUT2D eigenvalue weighted by atomic mass is 10.0. The van der Waals surface area contributed by atoms with E-state index in [1.54, 1.807) is 0 Å². The molecule has 2 unspecified atom stereocenters. The molecule has 0 aliphatic heterocycles. The second-order valence-electron chi connectivity index (χ2n) is 4.70. The second-order valence-corrected chi connectivity index (χ2v) is 5.96. The van der Waals surface area contributed by atoms with Crippen LogP contribution in [0.3, 0.4) is 0 Å². The van der Waals surface area contributed by atoms with E-state index in [4.69, 9.17) is 9.79 Å². The Balaban J connectivity index is 3.69. The highest BCUT2D eigenvalue weighted by Crippen LogP contribution is 2.31. The molecule has 15 heavy (non-hydrogen) atoms. The topological polar surface area (TPSA) is 33.0 Å². The van der Waals surface area contributed by atoms with Crippen LogP contribution in [0.5, 0.6) is 0 Å². The van der Waals surface area contributed by atoms with Gasteiger partial charge in [-0.1, -0.05) is 34.1 Å². The summed E-state index contributed by atoms with van der Waals surface area (Å²) in [6.07, 6.45) is 3.04. The maximum atomic E-state index is 8.39. The van der Waals surface area contributed by atoms with E-state index in [1.165, 1.54) is 12.8 Å². The zero-order valence-corrected chi connectivity index (χ0v) is 11.4. The van der Waals surface area contributed by atoms with Gasteiger partial charge in [0.1, 0.15) is 0 Å². The molecule has 3 heteroatoms. The normalized spacial score (nSPS) is 13.9. The fraction of sp³-hybridized carbons (Fsp3) is 0.917. The van der Waals surface area contributed by atoms with Gasteiger partial charge in [0.05, 0.1) is 19.1 Å². The summed E-state index contributed by atoms with van der Waals surface area (Å²) in [5, 5.41) is 8.39. The highest BCUT2D eigenvalue weighted by molar-refractivity contribution is 7.33. The van der Waals surface area contributed by atoms with Crippen molar-refractivity contribution < 1.29 is 4.52 Å². The first-order valence-electron chi connectivity index (χ1n) is 5.82. The summed E-state index contributed by atoms with van der Waals surface area (Å²) in [4.78, 5) is 0. The summed E-state index contributed by atoms with van der Waals surface area (Å²) in [5.41, 5.74) is 0.672. The van der Waals surface area contributed by atoms with Crippen molar-refractivity contribution >= 4 is 8.81 Å². The molecule has 2 nitrogen and oxygen atoms in total. The SMILES string of the molecule is CC(C)CCC(POCCC#N)C(C)C. The average Bonchev–Trinajstić information content (AvgIpc) is 2.15. The summed E-state index contributed by atoms with van der Waals surface area (Å²) < 4.78 is 5.54. The molecule has 0 aromatic carbocycles. The van der Waals surface area contributed by atoms with Gasteiger partial charge >= 0.3 is 0 Å². The Morgan fingerprint density at radius 2 is 1.87 bits per heavy atom. The number of nitrogens with zero attached hydrogens (tertiary/aromatic N) is 1. The molecule has 0 radical (unpaired) electrons. The van der Waals surface area contributed by atoms with Crippen LogP contribution >= 0.6 is 8.81 Å². The molecular formula is C12H24NOP. The Kier molecular flexibility index (Phi) is 9.06. The third kappa shape index (κ3) is 8.85. The van der Waals surface area contributed by atoms with E-state index in [-0.39, 0.29) is 0 Å². The predicted molar refractivity (Wildman–Crippen MR) is 67.2 cm³/mol. The van der Waals surface area contributed by atoms with Gasteiger partial charge in [0.15, 0.2) is 0 Å². The lowest BCUT2D eigenvalue weighted by Gasteiger charge is -2.21. The van der Waals surface area contributed by atoms with Gasteiger partial charge in [0.2, 0.25) is 0 Å². The molecule has 0 rings (SSSR count). The Morgan fingerprint density at radius 3 is 2.33 bits per heavy atom. The minimum Gasteiger partial charge on any atom is -0.361 e. The predicted octanol–water partition coefficient (Wildman–Crippen LogP) is 3.97. The van der Waals surface area contributed by atoms with Gasteiger partial charge in [-0.2, -0.15) is 5.26 Å². The van der Waals surface area contributed by atoms with Crippen LogP contribution in [0.1, 0.15) is 47.0 Å². The summed E-state index contributed by atoms with van der Waals surface area (Å²) in [7, 11) is 0.562. The Labute approximate surface area is 96.3 Å². The smallest absolute Gasteiger partial charge is 0.0646 e. The molecule has 0 aliphatic rings. The van der Waals surface area contributed by atoms with Crippen LogP contribution in [0.2, 0.25) is 0 Å². The monoisotopic (exact) mass is 229 g/mol. The maximum absolute atomic E-state index is 8.39. The molecule has 0 spiro atoms. The molecule has 0 saturated heterocycles. The largest absolute Gasteiger partial charge is 0.361 e. The molecule has 0 bridgehead atoms. The van der Waals surface area contributed by atoms with E-state index >= 15 is 0 Å². The van der Waals surface area contributed by atoms with Gasteiger partial charge in [-0.25, -0.2) is 0 Å². The molecule has 0 aromatic rings. The molecule has 0 aromatic heterocycles. The van der Waals surface area contributed by atoms with Gasteiger partial charge in [0.25, 0.3) is 0 Å². The molecule has 0 saturated carbocycles. The van der Waals surface area contributed by atoms with Crippen molar-refractivity contribution in [2.24, 2.45) is 11.8 Å². The van der Waals surface area contributed by atoms with E-state index in [9.17, 15) is 0 Å². The lowest BCUT2D eigenvalue weighted by molar-refractivity contribution is 0.357. The quantitative estimate of drug-likeness (QED) is 0.466. The summed E-state index contributed by atoms with van der Waals surface area (Å²) in [5.74, 6) is 1.46. The molecule has 0 amide bonds. The first-order valence-corrected chi connectivity index (χ1v) is 6.80. The summed E-state index contributed by atoms with van der Waals surface area (Å²) >= 11 is 0. The first-order chi connectivity index (χ1) is 7.07. The van der Waals surface area contributed by atoms with Crippen molar-refractivity contribution in [3.8, 4) is 6.07 Å². The van der Waals surface area contributed by atoms with Crippen LogP contribution in [0, 0.1) is 23.2 Å². The molecule has 88 valence electrons. The molecule has 0 N–H and O–H groups in total. The van der Waals surface area contributed by atoms with Crippen molar-refractivity contribution in [1.29, 1.82) is 5.26 Å². The molecule has 0 fully saturated rings. The van der Waals surface area contributed by atoms with E-state index < -0.39 is 0 Å². The van der Waals surface area contributed by atoms with Crippen molar-refractivity contribution in [3.63, 3.8) is 0 Å². The fourth-order valence-corrected chi connectivity index (χ4v) is 2.29. The second kappa shape index (κ2) is 9.13. The minimum absolute atomic E-state index is 0.516. The van der Waals surface area contributed by atoms with Crippen LogP contribution in [0.4, 0.5) is 0 Å². The third-order valence-electron chi connectivity index (χ3n) is 2.41. The van der Waals surface area contributed by atoms with Crippen LogP contribution in [0.25, 0.3) is 0 Å². The zero-order chi connectivity index (χ0) is 11.7. The summed E-state index contributed by atoms with van der Waals surface area (Å²) in [6.45, 7) is 9.63. The maximum Gasteiger partial charge on any atom is 0.0646 e. The highest BCUT2D eigenvalue weighted by atomic mass is 31.1. The van der Waals surface area contributed by atoms with Crippen LogP contribution in [0.15, 0.2) is 0 Å². The van der Waals surface area contributed by atoms with Crippen LogP contribution in [-0.4, -0.2) is 12.3 Å². The average molecular weight is 229 g/mol. The number of rotatable bonds is 8. The van der Waals surface area contributed by atoms with Gasteiger partial charge < -0.3 is 4.52 Å². The number of hydrogen-bond acceptors (Lipinski definition) is 2. The van der Waals surface area contributed by atoms with Gasteiger partial charge in [0, 0.05) is 14.5 Å². The zero-order valence-electron chi connectivity index (χ0n) is 10.4. The third-order valence-corrected chi connectivity index (χ3v) is 4.04.